The van der Waals surface area contributed by atoms with Crippen LogP contribution in [0.4, 0.5) is 5.69 Å². The van der Waals surface area contributed by atoms with E-state index in [1.807, 2.05) is 24.3 Å². The molecule has 0 radical (unpaired) electrons. The molecule has 0 aromatic heterocycles. The SMILES string of the molecule is CCCCOc1ccc(C(=O)C=CNc2ccc(C(C)C)cc2)cc1. The summed E-state index contributed by atoms with van der Waals surface area (Å²) >= 11 is 0. The molecule has 0 bridgehead atoms. The highest BCUT2D eigenvalue weighted by Crippen LogP contribution is 2.17. The molecule has 2 aromatic rings. The molecular formula is C22H27NO2. The second-order valence-corrected chi connectivity index (χ2v) is 6.35. The van der Waals surface area contributed by atoms with Crippen molar-refractivity contribution in [1.29, 1.82) is 0 Å². The van der Waals surface area contributed by atoms with E-state index in [1.165, 1.54) is 5.56 Å². The molecule has 0 aliphatic heterocycles. The molecule has 0 aliphatic carbocycles. The standard InChI is InChI=1S/C22H27NO2/c1-4-5-16-25-21-12-8-19(9-13-21)22(24)14-15-23-20-10-6-18(7-11-20)17(2)3/h6-15,17,23H,4-5,16H2,1-3H3. The van der Waals surface area contributed by atoms with Crippen molar-refractivity contribution < 1.29 is 9.53 Å². The van der Waals surface area contributed by atoms with Gasteiger partial charge < -0.3 is 10.1 Å². The monoisotopic (exact) mass is 337 g/mol. The van der Waals surface area contributed by atoms with Crippen LogP contribution in [-0.4, -0.2) is 12.4 Å². The van der Waals surface area contributed by atoms with Crippen LogP contribution in [0.3, 0.4) is 0 Å². The fourth-order valence-corrected chi connectivity index (χ4v) is 2.32. The fraction of sp³-hybridized carbons (Fsp3) is 0.318. The van der Waals surface area contributed by atoms with E-state index in [1.54, 1.807) is 24.4 Å². The minimum Gasteiger partial charge on any atom is -0.494 e. The van der Waals surface area contributed by atoms with Gasteiger partial charge in [0.1, 0.15) is 5.75 Å². The van der Waals surface area contributed by atoms with Crippen LogP contribution in [0.15, 0.2) is 60.8 Å². The topological polar surface area (TPSA) is 38.3 Å². The highest BCUT2D eigenvalue weighted by molar-refractivity contribution is 6.04. The minimum atomic E-state index is -0.0357. The molecule has 0 saturated carbocycles. The fourth-order valence-electron chi connectivity index (χ4n) is 2.32. The first-order chi connectivity index (χ1) is 12.1. The Morgan fingerprint density at radius 1 is 1.08 bits per heavy atom. The zero-order valence-electron chi connectivity index (χ0n) is 15.3. The molecule has 0 unspecified atom stereocenters. The molecule has 0 spiro atoms. The maximum absolute atomic E-state index is 12.2. The average Bonchev–Trinajstić information content (AvgIpc) is 2.63. The number of anilines is 1. The van der Waals surface area contributed by atoms with Crippen LogP contribution in [-0.2, 0) is 0 Å². The van der Waals surface area contributed by atoms with Crippen LogP contribution >= 0.6 is 0 Å². The Morgan fingerprint density at radius 2 is 1.76 bits per heavy atom. The number of hydrogen-bond acceptors (Lipinski definition) is 3. The van der Waals surface area contributed by atoms with E-state index in [0.29, 0.717) is 18.1 Å². The zero-order valence-corrected chi connectivity index (χ0v) is 15.3. The van der Waals surface area contributed by atoms with Gasteiger partial charge in [-0.25, -0.2) is 0 Å². The summed E-state index contributed by atoms with van der Waals surface area (Å²) in [5.74, 6) is 1.28. The lowest BCUT2D eigenvalue weighted by atomic mass is 10.0. The van der Waals surface area contributed by atoms with Gasteiger partial charge in [-0.3, -0.25) is 4.79 Å². The number of benzene rings is 2. The smallest absolute Gasteiger partial charge is 0.187 e. The number of hydrogen-bond donors (Lipinski definition) is 1. The van der Waals surface area contributed by atoms with Gasteiger partial charge in [0.05, 0.1) is 6.61 Å². The molecule has 0 heterocycles. The van der Waals surface area contributed by atoms with E-state index in [0.717, 1.165) is 24.3 Å². The van der Waals surface area contributed by atoms with Gasteiger partial charge in [-0.15, -0.1) is 0 Å². The molecule has 0 amide bonds. The van der Waals surface area contributed by atoms with E-state index >= 15 is 0 Å². The number of carbonyl (C=O) groups excluding carboxylic acids is 1. The number of allylic oxidation sites excluding steroid dienone is 1. The van der Waals surface area contributed by atoms with Gasteiger partial charge in [0.2, 0.25) is 0 Å². The van der Waals surface area contributed by atoms with Crippen LogP contribution in [0, 0.1) is 0 Å². The first-order valence-electron chi connectivity index (χ1n) is 8.90. The normalized spacial score (nSPS) is 11.0. The summed E-state index contributed by atoms with van der Waals surface area (Å²) in [5, 5.41) is 3.13. The van der Waals surface area contributed by atoms with E-state index in [-0.39, 0.29) is 5.78 Å². The van der Waals surface area contributed by atoms with Crippen molar-refractivity contribution in [3.8, 4) is 5.75 Å². The molecule has 0 aliphatic rings. The second-order valence-electron chi connectivity index (χ2n) is 6.35. The number of nitrogens with one attached hydrogen (secondary N) is 1. The molecule has 132 valence electrons. The van der Waals surface area contributed by atoms with Crippen LogP contribution in [0.1, 0.15) is 55.5 Å². The lowest BCUT2D eigenvalue weighted by Gasteiger charge is -2.06. The molecule has 2 aromatic carbocycles. The van der Waals surface area contributed by atoms with Gasteiger partial charge >= 0.3 is 0 Å². The van der Waals surface area contributed by atoms with Crippen molar-refractivity contribution in [3.63, 3.8) is 0 Å². The molecule has 2 rings (SSSR count). The Morgan fingerprint density at radius 3 is 2.36 bits per heavy atom. The van der Waals surface area contributed by atoms with Crippen molar-refractivity contribution in [3.05, 3.63) is 71.9 Å². The highest BCUT2D eigenvalue weighted by Gasteiger charge is 2.02. The van der Waals surface area contributed by atoms with Crippen molar-refractivity contribution in [2.45, 2.75) is 39.5 Å². The predicted octanol–water partition coefficient (Wildman–Crippen LogP) is 5.80. The van der Waals surface area contributed by atoms with Gasteiger partial charge in [-0.1, -0.05) is 39.3 Å². The van der Waals surface area contributed by atoms with Gasteiger partial charge in [0, 0.05) is 23.5 Å². The third kappa shape index (κ3) is 6.11. The molecule has 0 atom stereocenters. The van der Waals surface area contributed by atoms with Crippen molar-refractivity contribution >= 4 is 11.5 Å². The summed E-state index contributed by atoms with van der Waals surface area (Å²) in [6.45, 7) is 7.18. The summed E-state index contributed by atoms with van der Waals surface area (Å²) in [4.78, 5) is 12.2. The number of unbranched alkanes of at least 4 members (excludes halogenated alkanes) is 1. The first-order valence-corrected chi connectivity index (χ1v) is 8.90. The van der Waals surface area contributed by atoms with E-state index in [9.17, 15) is 4.79 Å². The minimum absolute atomic E-state index is 0.0357. The maximum atomic E-state index is 12.2. The second kappa shape index (κ2) is 9.67. The number of carbonyl (C=O) groups is 1. The molecular weight excluding hydrogens is 310 g/mol. The summed E-state index contributed by atoms with van der Waals surface area (Å²) in [5.41, 5.74) is 2.91. The van der Waals surface area contributed by atoms with Crippen molar-refractivity contribution in [1.82, 2.24) is 0 Å². The number of rotatable bonds is 9. The zero-order chi connectivity index (χ0) is 18.1. The highest BCUT2D eigenvalue weighted by atomic mass is 16.5. The van der Waals surface area contributed by atoms with Crippen molar-refractivity contribution in [2.24, 2.45) is 0 Å². The maximum Gasteiger partial charge on any atom is 0.187 e. The third-order valence-corrected chi connectivity index (χ3v) is 3.97. The molecule has 3 heteroatoms. The van der Waals surface area contributed by atoms with Crippen LogP contribution < -0.4 is 10.1 Å². The number of ketones is 1. The summed E-state index contributed by atoms with van der Waals surface area (Å²) < 4.78 is 5.60. The summed E-state index contributed by atoms with van der Waals surface area (Å²) in [6, 6.07) is 15.5. The van der Waals surface area contributed by atoms with E-state index < -0.39 is 0 Å². The van der Waals surface area contributed by atoms with Crippen LogP contribution in [0.2, 0.25) is 0 Å². The molecule has 0 fully saturated rings. The molecule has 3 nitrogen and oxygen atoms in total. The lowest BCUT2D eigenvalue weighted by molar-refractivity contribution is 0.104. The van der Waals surface area contributed by atoms with Gasteiger partial charge in [0.15, 0.2) is 5.78 Å². The summed E-state index contributed by atoms with van der Waals surface area (Å²) in [6.07, 6.45) is 5.36. The molecule has 0 saturated heterocycles. The first kappa shape index (κ1) is 18.8. The van der Waals surface area contributed by atoms with Crippen LogP contribution in [0.25, 0.3) is 0 Å². The lowest BCUT2D eigenvalue weighted by Crippen LogP contribution is -1.99. The van der Waals surface area contributed by atoms with Gasteiger partial charge in [0.25, 0.3) is 0 Å². The van der Waals surface area contributed by atoms with Gasteiger partial charge in [-0.05, 0) is 54.3 Å². The Hall–Kier alpha value is -2.55. The Balaban J connectivity index is 1.87. The Kier molecular flexibility index (Phi) is 7.27. The van der Waals surface area contributed by atoms with Crippen molar-refractivity contribution in [2.75, 3.05) is 11.9 Å². The van der Waals surface area contributed by atoms with Gasteiger partial charge in [-0.2, -0.15) is 0 Å². The quantitative estimate of drug-likeness (QED) is 0.357. The molecule has 1 N–H and O–H groups in total. The third-order valence-electron chi connectivity index (χ3n) is 3.97. The van der Waals surface area contributed by atoms with E-state index in [4.69, 9.17) is 4.74 Å². The number of ether oxygens (including phenoxy) is 1. The van der Waals surface area contributed by atoms with Crippen LogP contribution in [0.5, 0.6) is 5.75 Å². The average molecular weight is 337 g/mol. The Bertz CT molecular complexity index is 685. The molecule has 25 heavy (non-hydrogen) atoms. The Labute approximate surface area is 150 Å². The van der Waals surface area contributed by atoms with E-state index in [2.05, 4.69) is 38.2 Å². The largest absolute Gasteiger partial charge is 0.494 e. The summed E-state index contributed by atoms with van der Waals surface area (Å²) in [7, 11) is 0. The predicted molar refractivity (Wildman–Crippen MR) is 104 cm³/mol.